The lowest BCUT2D eigenvalue weighted by atomic mass is 10.0. The summed E-state index contributed by atoms with van der Waals surface area (Å²) in [5.74, 6) is -1.92. The number of carbonyl (C=O) groups is 1. The summed E-state index contributed by atoms with van der Waals surface area (Å²) in [5, 5.41) is 11.9. The first kappa shape index (κ1) is 16.3. The topological polar surface area (TPSA) is 58.6 Å². The van der Waals surface area contributed by atoms with Crippen LogP contribution in [0.15, 0.2) is 18.2 Å². The molecule has 7 heteroatoms. The number of anilines is 1. The van der Waals surface area contributed by atoms with E-state index >= 15 is 0 Å². The highest BCUT2D eigenvalue weighted by Gasteiger charge is 2.17. The van der Waals surface area contributed by atoms with Crippen LogP contribution in [-0.4, -0.2) is 23.7 Å². The molecule has 0 spiro atoms. The molecule has 0 radical (unpaired) electrons. The Hall–Kier alpha value is -1.76. The molecule has 0 aromatic heterocycles. The molecule has 1 rings (SSSR count). The Labute approximate surface area is 114 Å². The summed E-state index contributed by atoms with van der Waals surface area (Å²) in [6.45, 7) is 0.344. The van der Waals surface area contributed by atoms with Crippen LogP contribution < -0.4 is 10.1 Å². The number of nitrogens with one attached hydrogen (secondary N) is 1. The number of carbonyl (C=O) groups excluding carboxylic acids is 1. The molecule has 1 aromatic rings. The van der Waals surface area contributed by atoms with Crippen molar-refractivity contribution in [3.05, 3.63) is 24.0 Å². The maximum Gasteiger partial charge on any atom is 0.387 e. The predicted molar refractivity (Wildman–Crippen MR) is 67.1 cm³/mol. The molecular weight excluding hydrogens is 275 g/mol. The number of hydrogen-bond donors (Lipinski definition) is 2. The van der Waals surface area contributed by atoms with Gasteiger partial charge in [-0.05, 0) is 18.1 Å². The lowest BCUT2D eigenvalue weighted by molar-refractivity contribution is -0.118. The summed E-state index contributed by atoms with van der Waals surface area (Å²) >= 11 is 0. The number of aliphatic hydroxyl groups is 1. The van der Waals surface area contributed by atoms with Gasteiger partial charge >= 0.3 is 6.61 Å². The molecule has 20 heavy (non-hydrogen) atoms. The zero-order valence-electron chi connectivity index (χ0n) is 11.1. The van der Waals surface area contributed by atoms with E-state index < -0.39 is 30.2 Å². The Bertz CT molecular complexity index is 466. The van der Waals surface area contributed by atoms with E-state index in [1.54, 1.807) is 13.8 Å². The van der Waals surface area contributed by atoms with E-state index in [2.05, 4.69) is 10.1 Å². The van der Waals surface area contributed by atoms with Gasteiger partial charge in [0.15, 0.2) is 5.75 Å². The molecule has 0 bridgehead atoms. The van der Waals surface area contributed by atoms with Crippen LogP contribution in [0.25, 0.3) is 0 Å². The smallest absolute Gasteiger partial charge is 0.387 e. The second-order valence-corrected chi connectivity index (χ2v) is 4.58. The third-order valence-electron chi connectivity index (χ3n) is 2.60. The third kappa shape index (κ3) is 5.08. The molecule has 0 aliphatic carbocycles. The first-order chi connectivity index (χ1) is 9.29. The van der Waals surface area contributed by atoms with Gasteiger partial charge in [-0.3, -0.25) is 4.79 Å². The minimum atomic E-state index is -3.13. The van der Waals surface area contributed by atoms with Gasteiger partial charge in [0.25, 0.3) is 0 Å². The molecule has 0 heterocycles. The van der Waals surface area contributed by atoms with Gasteiger partial charge < -0.3 is 15.2 Å². The van der Waals surface area contributed by atoms with E-state index in [9.17, 15) is 23.1 Å². The summed E-state index contributed by atoms with van der Waals surface area (Å²) < 4.78 is 41.5. The zero-order chi connectivity index (χ0) is 15.3. The fourth-order valence-corrected chi connectivity index (χ4v) is 1.42. The van der Waals surface area contributed by atoms with Crippen LogP contribution in [0.4, 0.5) is 18.9 Å². The first-order valence-electron chi connectivity index (χ1n) is 6.02. The number of benzene rings is 1. The molecule has 0 aliphatic rings. The highest BCUT2D eigenvalue weighted by Crippen LogP contribution is 2.27. The fraction of sp³-hybridized carbons (Fsp3) is 0.462. The molecule has 1 atom stereocenters. The summed E-state index contributed by atoms with van der Waals surface area (Å²) in [5.41, 5.74) is -0.0762. The Morgan fingerprint density at radius 2 is 2.05 bits per heavy atom. The van der Waals surface area contributed by atoms with Crippen molar-refractivity contribution in [2.24, 2.45) is 5.92 Å². The van der Waals surface area contributed by atoms with Crippen molar-refractivity contribution in [2.45, 2.75) is 33.0 Å². The predicted octanol–water partition coefficient (Wildman–Crippen LogP) is 2.77. The quantitative estimate of drug-likeness (QED) is 0.847. The summed E-state index contributed by atoms with van der Waals surface area (Å²) in [7, 11) is 0. The van der Waals surface area contributed by atoms with Crippen LogP contribution in [0.2, 0.25) is 0 Å². The van der Waals surface area contributed by atoms with Gasteiger partial charge in [-0.2, -0.15) is 8.78 Å². The van der Waals surface area contributed by atoms with Crippen molar-refractivity contribution < 1.29 is 27.8 Å². The van der Waals surface area contributed by atoms with Gasteiger partial charge in [0, 0.05) is 6.07 Å². The Kier molecular flexibility index (Phi) is 5.82. The molecule has 0 fully saturated rings. The van der Waals surface area contributed by atoms with Crippen molar-refractivity contribution in [2.75, 3.05) is 5.32 Å². The average Bonchev–Trinajstić information content (AvgIpc) is 2.31. The standard InChI is InChI=1S/C13H16F3NO3/c1-7(2)10(18)6-12(19)17-9-4-3-8(14)5-11(9)20-13(15)16/h3-5,7,10,13,18H,6H2,1-2H3,(H,17,19). The van der Waals surface area contributed by atoms with Crippen LogP contribution in [0.1, 0.15) is 20.3 Å². The molecular formula is C13H16F3NO3. The van der Waals surface area contributed by atoms with Crippen molar-refractivity contribution in [3.63, 3.8) is 0 Å². The second-order valence-electron chi connectivity index (χ2n) is 4.58. The van der Waals surface area contributed by atoms with Gasteiger partial charge in [-0.15, -0.1) is 0 Å². The number of halogens is 3. The van der Waals surface area contributed by atoms with Crippen LogP contribution in [0.3, 0.4) is 0 Å². The van der Waals surface area contributed by atoms with Gasteiger partial charge in [0.1, 0.15) is 5.82 Å². The fourth-order valence-electron chi connectivity index (χ4n) is 1.42. The van der Waals surface area contributed by atoms with E-state index in [-0.39, 0.29) is 18.0 Å². The van der Waals surface area contributed by atoms with Gasteiger partial charge in [-0.1, -0.05) is 13.8 Å². The number of ether oxygens (including phenoxy) is 1. The van der Waals surface area contributed by atoms with Crippen LogP contribution in [0.5, 0.6) is 5.75 Å². The molecule has 1 unspecified atom stereocenters. The molecule has 0 aliphatic heterocycles. The summed E-state index contributed by atoms with van der Waals surface area (Å²) in [4.78, 5) is 11.6. The van der Waals surface area contributed by atoms with Crippen LogP contribution >= 0.6 is 0 Å². The maximum atomic E-state index is 13.0. The van der Waals surface area contributed by atoms with E-state index in [1.807, 2.05) is 0 Å². The van der Waals surface area contributed by atoms with E-state index in [0.717, 1.165) is 18.2 Å². The monoisotopic (exact) mass is 291 g/mol. The number of amides is 1. The van der Waals surface area contributed by atoms with E-state index in [1.165, 1.54) is 0 Å². The maximum absolute atomic E-state index is 13.0. The lowest BCUT2D eigenvalue weighted by Gasteiger charge is -2.15. The lowest BCUT2D eigenvalue weighted by Crippen LogP contribution is -2.24. The Balaban J connectivity index is 2.78. The molecule has 1 aromatic carbocycles. The molecule has 0 saturated carbocycles. The van der Waals surface area contributed by atoms with Crippen molar-refractivity contribution >= 4 is 11.6 Å². The molecule has 1 amide bonds. The van der Waals surface area contributed by atoms with Crippen molar-refractivity contribution in [1.82, 2.24) is 0 Å². The SMILES string of the molecule is CC(C)C(O)CC(=O)Nc1ccc(F)cc1OC(F)F. The van der Waals surface area contributed by atoms with Gasteiger partial charge in [-0.25, -0.2) is 4.39 Å². The minimum absolute atomic E-state index is 0.0762. The number of rotatable bonds is 6. The Morgan fingerprint density at radius 1 is 1.40 bits per heavy atom. The van der Waals surface area contributed by atoms with Crippen LogP contribution in [0, 0.1) is 11.7 Å². The van der Waals surface area contributed by atoms with Gasteiger partial charge in [0.2, 0.25) is 5.91 Å². The molecule has 2 N–H and O–H groups in total. The first-order valence-corrected chi connectivity index (χ1v) is 6.02. The number of hydrogen-bond acceptors (Lipinski definition) is 3. The number of alkyl halides is 2. The summed E-state index contributed by atoms with van der Waals surface area (Å²) in [6, 6.07) is 2.88. The molecule has 4 nitrogen and oxygen atoms in total. The largest absolute Gasteiger partial charge is 0.432 e. The highest BCUT2D eigenvalue weighted by atomic mass is 19.3. The summed E-state index contributed by atoms with van der Waals surface area (Å²) in [6.07, 6.45) is -1.04. The Morgan fingerprint density at radius 3 is 2.60 bits per heavy atom. The zero-order valence-corrected chi connectivity index (χ0v) is 11.1. The molecule has 0 saturated heterocycles. The van der Waals surface area contributed by atoms with E-state index in [4.69, 9.17) is 0 Å². The normalized spacial score (nSPS) is 12.6. The minimum Gasteiger partial charge on any atom is -0.432 e. The van der Waals surface area contributed by atoms with Gasteiger partial charge in [0.05, 0.1) is 18.2 Å². The third-order valence-corrected chi connectivity index (χ3v) is 2.60. The van der Waals surface area contributed by atoms with E-state index in [0.29, 0.717) is 0 Å². The highest BCUT2D eigenvalue weighted by molar-refractivity contribution is 5.92. The number of aliphatic hydroxyl groups excluding tert-OH is 1. The average molecular weight is 291 g/mol. The van der Waals surface area contributed by atoms with Crippen molar-refractivity contribution in [1.29, 1.82) is 0 Å². The van der Waals surface area contributed by atoms with Crippen molar-refractivity contribution in [3.8, 4) is 5.75 Å². The molecule has 112 valence electrons. The van der Waals surface area contributed by atoms with Crippen LogP contribution in [-0.2, 0) is 4.79 Å². The second kappa shape index (κ2) is 7.14.